The van der Waals surface area contributed by atoms with Crippen LogP contribution in [0.2, 0.25) is 0 Å². The highest BCUT2D eigenvalue weighted by molar-refractivity contribution is 7.15. The van der Waals surface area contributed by atoms with Gasteiger partial charge < -0.3 is 15.2 Å². The van der Waals surface area contributed by atoms with Gasteiger partial charge in [0.05, 0.1) is 24.0 Å². The van der Waals surface area contributed by atoms with Gasteiger partial charge in [0.25, 0.3) is 0 Å². The lowest BCUT2D eigenvalue weighted by atomic mass is 9.82. The Bertz CT molecular complexity index is 794. The Hall–Kier alpha value is -2.15. The van der Waals surface area contributed by atoms with Gasteiger partial charge in [-0.25, -0.2) is 4.79 Å². The number of allylic oxidation sites excluding steroid dienone is 2. The summed E-state index contributed by atoms with van der Waals surface area (Å²) in [4.78, 5) is 36.9. The van der Waals surface area contributed by atoms with Crippen LogP contribution in [0.15, 0.2) is 17.5 Å². The number of carbonyl (C=O) groups excluding carboxylic acids is 2. The van der Waals surface area contributed by atoms with Gasteiger partial charge in [-0.3, -0.25) is 9.59 Å². The molecule has 4 rings (SSSR count). The van der Waals surface area contributed by atoms with Crippen LogP contribution in [0, 0.1) is 23.7 Å². The minimum atomic E-state index is -0.933. The number of amides is 1. The first-order chi connectivity index (χ1) is 12.5. The highest BCUT2D eigenvalue weighted by Gasteiger charge is 2.51. The van der Waals surface area contributed by atoms with Gasteiger partial charge in [-0.15, -0.1) is 11.3 Å². The smallest absolute Gasteiger partial charge is 0.341 e. The summed E-state index contributed by atoms with van der Waals surface area (Å²) >= 11 is 1.32. The van der Waals surface area contributed by atoms with Crippen LogP contribution in [0.1, 0.15) is 48.0 Å². The van der Waals surface area contributed by atoms with E-state index in [2.05, 4.69) is 5.32 Å². The SMILES string of the molecule is CCOC(=O)c1c(C2CC2)csc1NC(=O)[C@H]1[C@H](C(=O)O)[C@H]2C=C[C@H]1C2. The molecule has 1 aromatic rings. The summed E-state index contributed by atoms with van der Waals surface area (Å²) in [7, 11) is 0. The molecule has 2 saturated carbocycles. The Morgan fingerprint density at radius 1 is 1.23 bits per heavy atom. The van der Waals surface area contributed by atoms with E-state index < -0.39 is 23.8 Å². The molecule has 1 aromatic heterocycles. The molecule has 0 unspecified atom stereocenters. The highest BCUT2D eigenvalue weighted by atomic mass is 32.1. The van der Waals surface area contributed by atoms with E-state index in [1.165, 1.54) is 11.3 Å². The predicted octanol–water partition coefficient (Wildman–Crippen LogP) is 3.26. The number of fused-ring (bicyclic) bond motifs is 2. The average Bonchev–Trinajstić information content (AvgIpc) is 3.04. The third-order valence-electron chi connectivity index (χ3n) is 5.60. The van der Waals surface area contributed by atoms with Gasteiger partial charge in [-0.1, -0.05) is 12.2 Å². The molecule has 1 heterocycles. The van der Waals surface area contributed by atoms with Crippen LogP contribution in [0.25, 0.3) is 0 Å². The summed E-state index contributed by atoms with van der Waals surface area (Å²) in [5, 5.41) is 14.8. The van der Waals surface area contributed by atoms with Crippen molar-refractivity contribution in [2.45, 2.75) is 32.1 Å². The van der Waals surface area contributed by atoms with Crippen molar-refractivity contribution in [1.82, 2.24) is 0 Å². The van der Waals surface area contributed by atoms with Crippen LogP contribution in [0.4, 0.5) is 5.00 Å². The molecule has 3 aliphatic carbocycles. The number of thiophene rings is 1. The molecular formula is C19H21NO5S. The number of ether oxygens (including phenoxy) is 1. The molecule has 2 bridgehead atoms. The number of carbonyl (C=O) groups is 3. The van der Waals surface area contributed by atoms with E-state index in [4.69, 9.17) is 4.74 Å². The molecule has 0 radical (unpaired) electrons. The second-order valence-electron chi connectivity index (χ2n) is 7.22. The van der Waals surface area contributed by atoms with Crippen molar-refractivity contribution in [3.8, 4) is 0 Å². The minimum absolute atomic E-state index is 0.0463. The zero-order valence-electron chi connectivity index (χ0n) is 14.4. The van der Waals surface area contributed by atoms with Crippen molar-refractivity contribution in [3.05, 3.63) is 28.7 Å². The molecule has 0 aromatic carbocycles. The van der Waals surface area contributed by atoms with E-state index in [0.717, 1.165) is 18.4 Å². The molecule has 0 spiro atoms. The van der Waals surface area contributed by atoms with Crippen molar-refractivity contribution in [1.29, 1.82) is 0 Å². The van der Waals surface area contributed by atoms with Crippen molar-refractivity contribution < 1.29 is 24.2 Å². The fourth-order valence-electron chi connectivity index (χ4n) is 4.28. The monoisotopic (exact) mass is 375 g/mol. The Balaban J connectivity index is 1.59. The first-order valence-corrected chi connectivity index (χ1v) is 9.89. The molecule has 3 aliphatic rings. The molecule has 0 aliphatic heterocycles. The number of rotatable bonds is 6. The Kier molecular flexibility index (Phi) is 4.34. The molecule has 26 heavy (non-hydrogen) atoms. The summed E-state index contributed by atoms with van der Waals surface area (Å²) in [6, 6.07) is 0. The van der Waals surface area contributed by atoms with E-state index in [9.17, 15) is 19.5 Å². The number of carboxylic acid groups (broad SMARTS) is 1. The Morgan fingerprint density at radius 3 is 2.54 bits per heavy atom. The van der Waals surface area contributed by atoms with Gasteiger partial charge in [0.2, 0.25) is 5.91 Å². The Morgan fingerprint density at radius 2 is 1.92 bits per heavy atom. The van der Waals surface area contributed by atoms with E-state index in [1.807, 2.05) is 17.5 Å². The maximum atomic E-state index is 12.9. The number of nitrogens with one attached hydrogen (secondary N) is 1. The quantitative estimate of drug-likeness (QED) is 0.588. The molecule has 2 fully saturated rings. The zero-order valence-corrected chi connectivity index (χ0v) is 15.3. The summed E-state index contributed by atoms with van der Waals surface area (Å²) in [6.07, 6.45) is 6.64. The maximum absolute atomic E-state index is 12.9. The summed E-state index contributed by atoms with van der Waals surface area (Å²) in [6.45, 7) is 2.02. The highest BCUT2D eigenvalue weighted by Crippen LogP contribution is 2.49. The number of hydrogen-bond acceptors (Lipinski definition) is 5. The normalized spacial score (nSPS) is 29.0. The first-order valence-electron chi connectivity index (χ1n) is 9.01. The van der Waals surface area contributed by atoms with Crippen molar-refractivity contribution in [3.63, 3.8) is 0 Å². The van der Waals surface area contributed by atoms with Crippen LogP contribution in [0.5, 0.6) is 0 Å². The summed E-state index contributed by atoms with van der Waals surface area (Å²) in [5.41, 5.74) is 1.38. The molecule has 2 N–H and O–H groups in total. The number of carboxylic acids is 1. The fraction of sp³-hybridized carbons (Fsp3) is 0.526. The van der Waals surface area contributed by atoms with Crippen LogP contribution >= 0.6 is 11.3 Å². The predicted molar refractivity (Wildman–Crippen MR) is 96.2 cm³/mol. The number of hydrogen-bond donors (Lipinski definition) is 2. The number of esters is 1. The van der Waals surface area contributed by atoms with Crippen LogP contribution < -0.4 is 5.32 Å². The third-order valence-corrected chi connectivity index (χ3v) is 6.51. The number of aliphatic carboxylic acids is 1. The molecule has 6 nitrogen and oxygen atoms in total. The maximum Gasteiger partial charge on any atom is 0.341 e. The van der Waals surface area contributed by atoms with Gasteiger partial charge in [-0.05, 0) is 54.9 Å². The Labute approximate surface area is 155 Å². The van der Waals surface area contributed by atoms with Gasteiger partial charge in [0.1, 0.15) is 5.00 Å². The van der Waals surface area contributed by atoms with E-state index >= 15 is 0 Å². The molecule has 1 amide bonds. The second-order valence-corrected chi connectivity index (χ2v) is 8.10. The van der Waals surface area contributed by atoms with Gasteiger partial charge in [-0.2, -0.15) is 0 Å². The van der Waals surface area contributed by atoms with Crippen LogP contribution in [-0.2, 0) is 14.3 Å². The average molecular weight is 375 g/mol. The lowest BCUT2D eigenvalue weighted by molar-refractivity contribution is -0.146. The minimum Gasteiger partial charge on any atom is -0.481 e. The topological polar surface area (TPSA) is 92.7 Å². The van der Waals surface area contributed by atoms with E-state index in [1.54, 1.807) is 6.92 Å². The van der Waals surface area contributed by atoms with Gasteiger partial charge in [0, 0.05) is 0 Å². The van der Waals surface area contributed by atoms with Gasteiger partial charge >= 0.3 is 11.9 Å². The lowest BCUT2D eigenvalue weighted by Crippen LogP contribution is -2.36. The summed E-state index contributed by atoms with van der Waals surface area (Å²) < 4.78 is 5.17. The first kappa shape index (κ1) is 17.3. The van der Waals surface area contributed by atoms with Crippen LogP contribution in [-0.4, -0.2) is 29.6 Å². The van der Waals surface area contributed by atoms with Gasteiger partial charge in [0.15, 0.2) is 0 Å². The molecule has 138 valence electrons. The lowest BCUT2D eigenvalue weighted by Gasteiger charge is -2.23. The van der Waals surface area contributed by atoms with Crippen molar-refractivity contribution >= 4 is 34.2 Å². The summed E-state index contributed by atoms with van der Waals surface area (Å²) in [5.74, 6) is -2.73. The molecule has 4 atom stereocenters. The molecular weight excluding hydrogens is 354 g/mol. The molecule has 0 saturated heterocycles. The van der Waals surface area contributed by atoms with Crippen LogP contribution in [0.3, 0.4) is 0 Å². The van der Waals surface area contributed by atoms with Crippen molar-refractivity contribution in [2.24, 2.45) is 23.7 Å². The van der Waals surface area contributed by atoms with Crippen molar-refractivity contribution in [2.75, 3.05) is 11.9 Å². The van der Waals surface area contributed by atoms with E-state index in [-0.39, 0.29) is 24.3 Å². The van der Waals surface area contributed by atoms with E-state index in [0.29, 0.717) is 22.9 Å². The zero-order chi connectivity index (χ0) is 18.4. The largest absolute Gasteiger partial charge is 0.481 e. The third kappa shape index (κ3) is 2.84. The number of anilines is 1. The standard InChI is InChI=1S/C19H21NO5S/c1-2-25-19(24)15-12(9-3-4-9)8-26-17(15)20-16(21)13-10-5-6-11(7-10)14(13)18(22)23/h5-6,8-11,13-14H,2-4,7H2,1H3,(H,20,21)(H,22,23)/t10-,11-,13+,14+/m0/s1. The fourth-order valence-corrected chi connectivity index (χ4v) is 5.32. The second kappa shape index (κ2) is 6.54. The molecule has 7 heteroatoms.